The van der Waals surface area contributed by atoms with Gasteiger partial charge in [-0.2, -0.15) is 0 Å². The second-order valence-electron chi connectivity index (χ2n) is 7.64. The molecule has 0 atom stereocenters. The SMILES string of the molecule is C=Cc1c(OC2CC(NC(=O)OC(C)(C)C)C2)ccc(C(=O)OC)c1C(=O)OC. The molecule has 1 aliphatic carbocycles. The van der Waals surface area contributed by atoms with Crippen molar-refractivity contribution in [3.8, 4) is 5.75 Å². The van der Waals surface area contributed by atoms with Gasteiger partial charge in [0, 0.05) is 24.4 Å². The normalized spacial score (nSPS) is 18.1. The van der Waals surface area contributed by atoms with E-state index < -0.39 is 23.6 Å². The average Bonchev–Trinajstić information content (AvgIpc) is 2.62. The predicted octanol–water partition coefficient (Wildman–Crippen LogP) is 3.34. The second-order valence-corrected chi connectivity index (χ2v) is 7.64. The second kappa shape index (κ2) is 8.98. The van der Waals surface area contributed by atoms with Crippen molar-refractivity contribution in [1.82, 2.24) is 5.32 Å². The maximum Gasteiger partial charge on any atom is 0.407 e. The lowest BCUT2D eigenvalue weighted by Gasteiger charge is -2.36. The van der Waals surface area contributed by atoms with Crippen LogP contribution in [-0.4, -0.2) is 50.0 Å². The molecule has 1 fully saturated rings. The third kappa shape index (κ3) is 5.49. The van der Waals surface area contributed by atoms with Crippen LogP contribution in [0, 0.1) is 0 Å². The number of carbonyl (C=O) groups is 3. The Morgan fingerprint density at radius 1 is 1.10 bits per heavy atom. The lowest BCUT2D eigenvalue weighted by atomic mass is 9.89. The van der Waals surface area contributed by atoms with Crippen molar-refractivity contribution in [2.24, 2.45) is 0 Å². The lowest BCUT2D eigenvalue weighted by Crippen LogP contribution is -2.50. The molecular formula is C21H27NO7. The van der Waals surface area contributed by atoms with E-state index in [1.54, 1.807) is 26.8 Å². The van der Waals surface area contributed by atoms with Crippen LogP contribution in [-0.2, 0) is 14.2 Å². The Hall–Kier alpha value is -3.03. The number of alkyl carbamates (subject to hydrolysis) is 1. The molecule has 2 rings (SSSR count). The van der Waals surface area contributed by atoms with Crippen molar-refractivity contribution >= 4 is 24.1 Å². The molecule has 0 radical (unpaired) electrons. The third-order valence-corrected chi connectivity index (χ3v) is 4.31. The summed E-state index contributed by atoms with van der Waals surface area (Å²) in [5, 5.41) is 2.79. The minimum atomic E-state index is -0.691. The van der Waals surface area contributed by atoms with Crippen LogP contribution >= 0.6 is 0 Å². The van der Waals surface area contributed by atoms with E-state index in [0.29, 0.717) is 24.2 Å². The van der Waals surface area contributed by atoms with Crippen LogP contribution < -0.4 is 10.1 Å². The van der Waals surface area contributed by atoms with Gasteiger partial charge >= 0.3 is 18.0 Å². The Labute approximate surface area is 170 Å². The van der Waals surface area contributed by atoms with Crippen LogP contribution in [0.15, 0.2) is 18.7 Å². The number of ether oxygens (including phenoxy) is 4. The third-order valence-electron chi connectivity index (χ3n) is 4.31. The number of rotatable bonds is 6. The van der Waals surface area contributed by atoms with E-state index in [0.717, 1.165) is 0 Å². The summed E-state index contributed by atoms with van der Waals surface area (Å²) in [6.45, 7) is 9.12. The summed E-state index contributed by atoms with van der Waals surface area (Å²) in [4.78, 5) is 36.1. The first-order valence-electron chi connectivity index (χ1n) is 9.21. The van der Waals surface area contributed by atoms with Gasteiger partial charge in [-0.1, -0.05) is 12.7 Å². The summed E-state index contributed by atoms with van der Waals surface area (Å²) in [7, 11) is 2.45. The molecule has 0 heterocycles. The highest BCUT2D eigenvalue weighted by Crippen LogP contribution is 2.33. The summed E-state index contributed by atoms with van der Waals surface area (Å²) in [5.41, 5.74) is -0.105. The number of nitrogens with one attached hydrogen (secondary N) is 1. The molecule has 0 spiro atoms. The number of esters is 2. The molecule has 0 aliphatic heterocycles. The predicted molar refractivity (Wildman–Crippen MR) is 106 cm³/mol. The van der Waals surface area contributed by atoms with Crippen LogP contribution in [0.1, 0.15) is 59.9 Å². The highest BCUT2D eigenvalue weighted by Gasteiger charge is 2.34. The fourth-order valence-electron chi connectivity index (χ4n) is 2.94. The minimum absolute atomic E-state index is 0.0367. The van der Waals surface area contributed by atoms with Gasteiger partial charge < -0.3 is 24.3 Å². The van der Waals surface area contributed by atoms with Crippen LogP contribution in [0.25, 0.3) is 6.08 Å². The molecule has 1 amide bonds. The molecule has 1 saturated carbocycles. The smallest absolute Gasteiger partial charge is 0.407 e. The fourth-order valence-corrected chi connectivity index (χ4v) is 2.94. The number of carbonyl (C=O) groups excluding carboxylic acids is 3. The topological polar surface area (TPSA) is 100 Å². The van der Waals surface area contributed by atoms with Crippen molar-refractivity contribution in [3.63, 3.8) is 0 Å². The van der Waals surface area contributed by atoms with E-state index in [4.69, 9.17) is 18.9 Å². The van der Waals surface area contributed by atoms with Crippen LogP contribution in [0.3, 0.4) is 0 Å². The van der Waals surface area contributed by atoms with Crippen molar-refractivity contribution in [1.29, 1.82) is 0 Å². The van der Waals surface area contributed by atoms with E-state index in [2.05, 4.69) is 11.9 Å². The number of methoxy groups -OCH3 is 2. The summed E-state index contributed by atoms with van der Waals surface area (Å²) in [6, 6.07) is 2.98. The Morgan fingerprint density at radius 2 is 1.72 bits per heavy atom. The molecule has 0 aromatic heterocycles. The van der Waals surface area contributed by atoms with Gasteiger partial charge in [0.15, 0.2) is 0 Å². The van der Waals surface area contributed by atoms with Gasteiger partial charge in [-0.05, 0) is 32.9 Å². The van der Waals surface area contributed by atoms with Gasteiger partial charge in [0.2, 0.25) is 0 Å². The van der Waals surface area contributed by atoms with E-state index >= 15 is 0 Å². The Kier molecular flexibility index (Phi) is 6.89. The summed E-state index contributed by atoms with van der Waals surface area (Å²) >= 11 is 0. The number of hydrogen-bond donors (Lipinski definition) is 1. The van der Waals surface area contributed by atoms with Crippen molar-refractivity contribution in [3.05, 3.63) is 35.4 Å². The summed E-state index contributed by atoms with van der Waals surface area (Å²) in [5.74, 6) is -0.956. The van der Waals surface area contributed by atoms with E-state index in [-0.39, 0.29) is 23.3 Å². The van der Waals surface area contributed by atoms with Crippen molar-refractivity contribution in [2.75, 3.05) is 14.2 Å². The molecule has 0 unspecified atom stereocenters. The molecule has 1 aliphatic rings. The Morgan fingerprint density at radius 3 is 2.24 bits per heavy atom. The zero-order valence-corrected chi connectivity index (χ0v) is 17.4. The monoisotopic (exact) mass is 405 g/mol. The number of amides is 1. The molecule has 8 heteroatoms. The van der Waals surface area contributed by atoms with Gasteiger partial charge in [-0.3, -0.25) is 0 Å². The number of benzene rings is 1. The average molecular weight is 405 g/mol. The molecule has 0 saturated heterocycles. The number of hydrogen-bond acceptors (Lipinski definition) is 7. The van der Waals surface area contributed by atoms with Gasteiger partial charge in [-0.25, -0.2) is 14.4 Å². The fraction of sp³-hybridized carbons (Fsp3) is 0.476. The van der Waals surface area contributed by atoms with Crippen LogP contribution in [0.5, 0.6) is 5.75 Å². The van der Waals surface area contributed by atoms with E-state index in [1.165, 1.54) is 26.4 Å². The van der Waals surface area contributed by atoms with E-state index in [9.17, 15) is 14.4 Å². The summed E-state index contributed by atoms with van der Waals surface area (Å²) in [6.07, 6.45) is 1.97. The molecule has 29 heavy (non-hydrogen) atoms. The molecule has 1 aromatic carbocycles. The van der Waals surface area contributed by atoms with Gasteiger partial charge in [0.05, 0.1) is 25.3 Å². The molecular weight excluding hydrogens is 378 g/mol. The molecule has 8 nitrogen and oxygen atoms in total. The standard InChI is InChI=1S/C21H27NO7/c1-7-14-16(9-8-15(18(23)26-5)17(14)19(24)27-6)28-13-10-12(11-13)22-20(25)29-21(2,3)4/h7-9,12-13H,1,10-11H2,2-6H3,(H,22,25). The highest BCUT2D eigenvalue weighted by molar-refractivity contribution is 6.06. The van der Waals surface area contributed by atoms with Crippen LogP contribution in [0.2, 0.25) is 0 Å². The maximum absolute atomic E-state index is 12.2. The van der Waals surface area contributed by atoms with Gasteiger partial charge in [-0.15, -0.1) is 0 Å². The molecule has 0 bridgehead atoms. The first kappa shape index (κ1) is 22.3. The summed E-state index contributed by atoms with van der Waals surface area (Å²) < 4.78 is 20.7. The van der Waals surface area contributed by atoms with Crippen molar-refractivity contribution < 1.29 is 33.3 Å². The van der Waals surface area contributed by atoms with Crippen LogP contribution in [0.4, 0.5) is 4.79 Å². The molecule has 1 aromatic rings. The molecule has 158 valence electrons. The highest BCUT2D eigenvalue weighted by atomic mass is 16.6. The van der Waals surface area contributed by atoms with Gasteiger partial charge in [0.25, 0.3) is 0 Å². The first-order chi connectivity index (χ1) is 13.6. The lowest BCUT2D eigenvalue weighted by molar-refractivity contribution is 0.0360. The zero-order chi connectivity index (χ0) is 21.8. The van der Waals surface area contributed by atoms with E-state index in [1.807, 2.05) is 0 Å². The van der Waals surface area contributed by atoms with Crippen molar-refractivity contribution in [2.45, 2.75) is 51.4 Å². The quantitative estimate of drug-likeness (QED) is 0.572. The first-order valence-corrected chi connectivity index (χ1v) is 9.21. The molecule has 1 N–H and O–H groups in total. The largest absolute Gasteiger partial charge is 0.490 e. The Balaban J connectivity index is 2.11. The minimum Gasteiger partial charge on any atom is -0.490 e. The zero-order valence-electron chi connectivity index (χ0n) is 17.4. The Bertz CT molecular complexity index is 804. The van der Waals surface area contributed by atoms with Gasteiger partial charge in [0.1, 0.15) is 17.5 Å². The maximum atomic E-state index is 12.2.